The summed E-state index contributed by atoms with van der Waals surface area (Å²) in [6, 6.07) is 27.5. The fourth-order valence-electron chi connectivity index (χ4n) is 5.05. The maximum atomic E-state index is 13.5. The van der Waals surface area contributed by atoms with Crippen LogP contribution >= 0.6 is 0 Å². The fraction of sp³-hybridized carbons (Fsp3) is 0.206. The molecule has 1 fully saturated rings. The van der Waals surface area contributed by atoms with E-state index in [4.69, 9.17) is 10.00 Å². The zero-order valence-electron chi connectivity index (χ0n) is 22.9. The van der Waals surface area contributed by atoms with Crippen molar-refractivity contribution in [3.05, 3.63) is 125 Å². The zero-order chi connectivity index (χ0) is 29.5. The number of hydrogen-bond donors (Lipinski definition) is 0. The van der Waals surface area contributed by atoms with Gasteiger partial charge in [-0.25, -0.2) is 18.8 Å². The number of amides is 2. The van der Waals surface area contributed by atoms with Crippen LogP contribution in [0.4, 0.5) is 8.78 Å². The van der Waals surface area contributed by atoms with Crippen molar-refractivity contribution in [3.8, 4) is 22.9 Å². The highest BCUT2D eigenvalue weighted by molar-refractivity contribution is 6.09. The monoisotopic (exact) mass is 565 g/mol. The molecule has 4 aromatic carbocycles. The van der Waals surface area contributed by atoms with Crippen LogP contribution in [0.3, 0.4) is 0 Å². The lowest BCUT2D eigenvalue weighted by atomic mass is 10.0. The van der Waals surface area contributed by atoms with Crippen LogP contribution in [0.2, 0.25) is 0 Å². The Bertz CT molecular complexity index is 1510. The molecule has 42 heavy (non-hydrogen) atoms. The van der Waals surface area contributed by atoms with Gasteiger partial charge in [-0.1, -0.05) is 24.3 Å². The lowest BCUT2D eigenvalue weighted by Crippen LogP contribution is -2.49. The molecular formula is C34H29F2N3O3. The van der Waals surface area contributed by atoms with E-state index in [9.17, 15) is 18.4 Å². The topological polar surface area (TPSA) is 73.6 Å². The third kappa shape index (κ3) is 6.88. The lowest BCUT2D eigenvalue weighted by molar-refractivity contribution is 0.00615. The molecule has 0 unspecified atom stereocenters. The lowest BCUT2D eigenvalue weighted by Gasteiger charge is -2.30. The second-order valence-electron chi connectivity index (χ2n) is 10.2. The number of hydrazine groups is 1. The summed E-state index contributed by atoms with van der Waals surface area (Å²) in [6.07, 6.45) is 2.44. The van der Waals surface area contributed by atoms with E-state index in [-0.39, 0.29) is 17.0 Å². The summed E-state index contributed by atoms with van der Waals surface area (Å²) in [5.41, 5.74) is 3.06. The Morgan fingerprint density at radius 1 is 0.810 bits per heavy atom. The molecule has 5 rings (SSSR count). The molecule has 1 heterocycles. The highest BCUT2D eigenvalue weighted by Crippen LogP contribution is 2.26. The number of halogens is 2. The third-order valence-electron chi connectivity index (χ3n) is 7.34. The van der Waals surface area contributed by atoms with Crippen molar-refractivity contribution in [3.63, 3.8) is 0 Å². The summed E-state index contributed by atoms with van der Waals surface area (Å²) in [5.74, 6) is -1.06. The van der Waals surface area contributed by atoms with Gasteiger partial charge in [0.25, 0.3) is 11.8 Å². The molecule has 0 spiro atoms. The summed E-state index contributed by atoms with van der Waals surface area (Å²) in [6.45, 7) is 1.53. The minimum Gasteiger partial charge on any atom is -0.494 e. The average Bonchev–Trinajstić information content (AvgIpc) is 3.48. The molecule has 4 aromatic rings. The number of ether oxygens (including phenoxy) is 1. The Hall–Kier alpha value is -4.87. The normalized spacial score (nSPS) is 14.7. The van der Waals surface area contributed by atoms with Crippen LogP contribution in [-0.2, 0) is 0 Å². The minimum absolute atomic E-state index is 0.189. The SMILES string of the molecule is N#Cc1ccc(-c2ccc(OCCC[C@@H]3CCN(N(C(=O)c4ccc(F)cc4)C(=O)c4ccc(F)cc4)C3)cc2)cc1. The molecular weight excluding hydrogens is 536 g/mol. The van der Waals surface area contributed by atoms with Crippen molar-refractivity contribution in [1.82, 2.24) is 10.0 Å². The van der Waals surface area contributed by atoms with Crippen molar-refractivity contribution < 1.29 is 23.1 Å². The highest BCUT2D eigenvalue weighted by atomic mass is 19.1. The Labute approximate surface area is 243 Å². The van der Waals surface area contributed by atoms with Gasteiger partial charge in [-0.05, 0) is 109 Å². The first kappa shape index (κ1) is 28.7. The van der Waals surface area contributed by atoms with Crippen molar-refractivity contribution in [1.29, 1.82) is 5.26 Å². The van der Waals surface area contributed by atoms with Gasteiger partial charge in [-0.3, -0.25) is 9.59 Å². The van der Waals surface area contributed by atoms with E-state index in [1.54, 1.807) is 17.1 Å². The van der Waals surface area contributed by atoms with Gasteiger partial charge in [0.1, 0.15) is 17.4 Å². The van der Waals surface area contributed by atoms with Crippen LogP contribution in [0.5, 0.6) is 5.75 Å². The maximum absolute atomic E-state index is 13.5. The second kappa shape index (κ2) is 13.2. The van der Waals surface area contributed by atoms with E-state index in [0.29, 0.717) is 25.3 Å². The number of carbonyl (C=O) groups excluding carboxylic acids is 2. The number of hydrogen-bond acceptors (Lipinski definition) is 5. The van der Waals surface area contributed by atoms with Crippen molar-refractivity contribution in [2.24, 2.45) is 5.92 Å². The van der Waals surface area contributed by atoms with Gasteiger partial charge < -0.3 is 4.74 Å². The predicted octanol–water partition coefficient (Wildman–Crippen LogP) is 6.88. The summed E-state index contributed by atoms with van der Waals surface area (Å²) in [5, 5.41) is 11.8. The number of carbonyl (C=O) groups is 2. The standard InChI is InChI=1S/C34H29F2N3O3/c35-30-13-7-28(8-14-30)33(40)39(34(41)29-9-15-31(36)16-10-29)38-20-19-25(23-38)2-1-21-42-32-17-11-27(12-18-32)26-5-3-24(22-37)4-6-26/h3-18,25H,1-2,19-21,23H2/t25-/m1/s1. The maximum Gasteiger partial charge on any atom is 0.275 e. The summed E-state index contributed by atoms with van der Waals surface area (Å²) < 4.78 is 32.9. The molecule has 1 aliphatic rings. The van der Waals surface area contributed by atoms with Crippen LogP contribution in [0.15, 0.2) is 97.1 Å². The van der Waals surface area contributed by atoms with Gasteiger partial charge in [0.15, 0.2) is 0 Å². The fourth-order valence-corrected chi connectivity index (χ4v) is 5.05. The first-order chi connectivity index (χ1) is 20.4. The largest absolute Gasteiger partial charge is 0.494 e. The van der Waals surface area contributed by atoms with Crippen LogP contribution in [0.1, 0.15) is 45.5 Å². The van der Waals surface area contributed by atoms with Crippen molar-refractivity contribution in [2.75, 3.05) is 19.7 Å². The molecule has 1 saturated heterocycles. The van der Waals surface area contributed by atoms with Crippen LogP contribution in [0.25, 0.3) is 11.1 Å². The van der Waals surface area contributed by atoms with E-state index in [0.717, 1.165) is 41.1 Å². The van der Waals surface area contributed by atoms with E-state index < -0.39 is 23.4 Å². The van der Waals surface area contributed by atoms with E-state index >= 15 is 0 Å². The molecule has 0 saturated carbocycles. The Kier molecular flexibility index (Phi) is 9.00. The molecule has 0 radical (unpaired) electrons. The second-order valence-corrected chi connectivity index (χ2v) is 10.2. The predicted molar refractivity (Wildman–Crippen MR) is 154 cm³/mol. The van der Waals surface area contributed by atoms with Gasteiger partial charge in [0.05, 0.1) is 18.2 Å². The van der Waals surface area contributed by atoms with Gasteiger partial charge in [0, 0.05) is 24.2 Å². The smallest absolute Gasteiger partial charge is 0.275 e. The Balaban J connectivity index is 1.17. The average molecular weight is 566 g/mol. The van der Waals surface area contributed by atoms with Gasteiger partial charge in [0.2, 0.25) is 0 Å². The molecule has 0 bridgehead atoms. The quantitative estimate of drug-likeness (QED) is 0.163. The van der Waals surface area contributed by atoms with Gasteiger partial charge in [-0.2, -0.15) is 5.26 Å². The van der Waals surface area contributed by atoms with Crippen LogP contribution < -0.4 is 4.74 Å². The van der Waals surface area contributed by atoms with E-state index in [1.807, 2.05) is 36.4 Å². The molecule has 2 amide bonds. The zero-order valence-corrected chi connectivity index (χ0v) is 22.9. The summed E-state index contributed by atoms with van der Waals surface area (Å²) >= 11 is 0. The highest BCUT2D eigenvalue weighted by Gasteiger charge is 2.35. The number of benzene rings is 4. The third-order valence-corrected chi connectivity index (χ3v) is 7.34. The molecule has 0 aliphatic carbocycles. The summed E-state index contributed by atoms with van der Waals surface area (Å²) in [7, 11) is 0. The molecule has 1 aliphatic heterocycles. The summed E-state index contributed by atoms with van der Waals surface area (Å²) in [4.78, 5) is 26.9. The Morgan fingerprint density at radius 2 is 1.33 bits per heavy atom. The van der Waals surface area contributed by atoms with Crippen LogP contribution in [-0.4, -0.2) is 41.5 Å². The first-order valence-electron chi connectivity index (χ1n) is 13.8. The number of nitriles is 1. The molecule has 8 heteroatoms. The Morgan fingerprint density at radius 3 is 1.86 bits per heavy atom. The molecule has 212 valence electrons. The number of imide groups is 1. The number of rotatable bonds is 9. The molecule has 6 nitrogen and oxygen atoms in total. The number of nitrogens with zero attached hydrogens (tertiary/aromatic N) is 3. The first-order valence-corrected chi connectivity index (χ1v) is 13.8. The molecule has 1 atom stereocenters. The van der Waals surface area contributed by atoms with Gasteiger partial charge >= 0.3 is 0 Å². The van der Waals surface area contributed by atoms with Crippen molar-refractivity contribution >= 4 is 11.8 Å². The van der Waals surface area contributed by atoms with Gasteiger partial charge in [-0.15, -0.1) is 0 Å². The molecule has 0 aromatic heterocycles. The minimum atomic E-state index is -0.558. The molecule has 0 N–H and O–H groups in total. The van der Waals surface area contributed by atoms with E-state index in [1.165, 1.54) is 48.5 Å². The van der Waals surface area contributed by atoms with Crippen molar-refractivity contribution in [2.45, 2.75) is 19.3 Å². The van der Waals surface area contributed by atoms with E-state index in [2.05, 4.69) is 6.07 Å². The van der Waals surface area contributed by atoms with Crippen LogP contribution in [0, 0.1) is 28.9 Å².